The number of carbonyl (C=O) groups excluding carboxylic acids is 1. The van der Waals surface area contributed by atoms with Crippen LogP contribution in [0, 0.1) is 6.92 Å². The van der Waals surface area contributed by atoms with Crippen molar-refractivity contribution in [2.75, 3.05) is 5.32 Å². The van der Waals surface area contributed by atoms with Crippen LogP contribution >= 0.6 is 0 Å². The third-order valence-electron chi connectivity index (χ3n) is 6.28. The van der Waals surface area contributed by atoms with E-state index in [1.54, 1.807) is 56.4 Å². The summed E-state index contributed by atoms with van der Waals surface area (Å²) in [5.41, 5.74) is 1.41. The summed E-state index contributed by atoms with van der Waals surface area (Å²) in [5.74, 6) is -1.53. The van der Waals surface area contributed by atoms with Crippen LogP contribution in [0.2, 0.25) is 0 Å². The highest BCUT2D eigenvalue weighted by atomic mass is 16.4. The first kappa shape index (κ1) is 26.9. The van der Waals surface area contributed by atoms with Crippen LogP contribution in [0.4, 0.5) is 10.5 Å². The fourth-order valence-corrected chi connectivity index (χ4v) is 4.30. The molecule has 0 bridgehead atoms. The first-order valence-corrected chi connectivity index (χ1v) is 12.3. The Morgan fingerprint density at radius 2 is 1.72 bits per heavy atom. The number of nitrogens with one attached hydrogen (secondary N) is 2. The second-order valence-corrected chi connectivity index (χ2v) is 8.93. The maximum Gasteiger partial charge on any atom is 0.319 e. The molecule has 10 heteroatoms. The number of rotatable bonds is 8. The van der Waals surface area contributed by atoms with Crippen molar-refractivity contribution < 1.29 is 19.8 Å². The predicted octanol–water partition coefficient (Wildman–Crippen LogP) is 4.04. The Hall–Kier alpha value is -5.12. The molecule has 2 aromatic heterocycles. The summed E-state index contributed by atoms with van der Waals surface area (Å²) in [6.45, 7) is 3.67. The highest BCUT2D eigenvalue weighted by Gasteiger charge is 2.21. The number of aryl methyl sites for hydroxylation is 2. The second-order valence-electron chi connectivity index (χ2n) is 8.93. The number of aromatic hydroxyl groups is 1. The molecular formula is C29H28N4O6. The Labute approximate surface area is 223 Å². The summed E-state index contributed by atoms with van der Waals surface area (Å²) in [5, 5.41) is 24.8. The molecule has 200 valence electrons. The summed E-state index contributed by atoms with van der Waals surface area (Å²) in [4.78, 5) is 50.5. The molecule has 4 N–H and O–H groups in total. The summed E-state index contributed by atoms with van der Waals surface area (Å²) < 4.78 is 2.78. The number of aromatic nitrogens is 2. The molecule has 39 heavy (non-hydrogen) atoms. The molecular weight excluding hydrogens is 500 g/mol. The highest BCUT2D eigenvalue weighted by Crippen LogP contribution is 2.24. The van der Waals surface area contributed by atoms with E-state index in [2.05, 4.69) is 10.6 Å². The molecule has 10 nitrogen and oxygen atoms in total. The Morgan fingerprint density at radius 1 is 0.974 bits per heavy atom. The van der Waals surface area contributed by atoms with Gasteiger partial charge in [-0.15, -0.1) is 0 Å². The van der Waals surface area contributed by atoms with Gasteiger partial charge < -0.3 is 25.4 Å². The second kappa shape index (κ2) is 11.5. The molecule has 0 spiro atoms. The Balaban J connectivity index is 1.65. The smallest absolute Gasteiger partial charge is 0.319 e. The van der Waals surface area contributed by atoms with Crippen LogP contribution in [0.25, 0.3) is 16.8 Å². The Kier molecular flexibility index (Phi) is 7.95. The van der Waals surface area contributed by atoms with Crippen LogP contribution in [-0.4, -0.2) is 31.3 Å². The van der Waals surface area contributed by atoms with Gasteiger partial charge in [0.25, 0.3) is 11.1 Å². The summed E-state index contributed by atoms with van der Waals surface area (Å²) in [6, 6.07) is 17.4. The van der Waals surface area contributed by atoms with Gasteiger partial charge in [-0.2, -0.15) is 0 Å². The number of hydrogen-bond acceptors (Lipinski definition) is 5. The summed E-state index contributed by atoms with van der Waals surface area (Å²) in [6.07, 6.45) is 2.63. The van der Waals surface area contributed by atoms with Crippen molar-refractivity contribution >= 4 is 17.7 Å². The number of carboxylic acid groups (broad SMARTS) is 1. The Morgan fingerprint density at radius 3 is 2.41 bits per heavy atom. The maximum atomic E-state index is 13.3. The van der Waals surface area contributed by atoms with Crippen LogP contribution in [0.3, 0.4) is 0 Å². The third kappa shape index (κ3) is 5.90. The van der Waals surface area contributed by atoms with Gasteiger partial charge in [0.15, 0.2) is 5.69 Å². The molecule has 0 aliphatic rings. The molecule has 1 atom stereocenters. The van der Waals surface area contributed by atoms with Gasteiger partial charge in [0.2, 0.25) is 0 Å². The number of anilines is 1. The Bertz CT molecular complexity index is 1640. The van der Waals surface area contributed by atoms with E-state index in [9.17, 15) is 29.4 Å². The number of carbonyl (C=O) groups is 2. The van der Waals surface area contributed by atoms with Crippen LogP contribution in [0.5, 0.6) is 5.75 Å². The average Bonchev–Trinajstić information content (AvgIpc) is 2.93. The van der Waals surface area contributed by atoms with Gasteiger partial charge in [-0.25, -0.2) is 4.79 Å². The van der Waals surface area contributed by atoms with Gasteiger partial charge in [0.1, 0.15) is 5.75 Å². The molecule has 4 rings (SSSR count). The van der Waals surface area contributed by atoms with Crippen molar-refractivity contribution in [1.82, 2.24) is 14.5 Å². The number of benzene rings is 2. The van der Waals surface area contributed by atoms with E-state index in [-0.39, 0.29) is 17.0 Å². The summed E-state index contributed by atoms with van der Waals surface area (Å²) in [7, 11) is 0. The average molecular weight is 529 g/mol. The predicted molar refractivity (Wildman–Crippen MR) is 147 cm³/mol. The lowest BCUT2D eigenvalue weighted by molar-refractivity contribution is -0.137. The standard InChI is InChI=1S/C29H28N4O6/c1-3-32-17-18(2)26(36)25(28(32)38)31-29(39)30-23(16-24(34)35)20-11-7-12-21(15-20)33-14-8-13-22(27(33)37)19-9-5-4-6-10-19/h4-15,17,23,36H,3,16H2,1-2H3,(H,34,35)(H2,30,31,39). The van der Waals surface area contributed by atoms with Gasteiger partial charge in [-0.1, -0.05) is 42.5 Å². The monoisotopic (exact) mass is 528 g/mol. The number of carboxylic acids is 1. The van der Waals surface area contributed by atoms with E-state index >= 15 is 0 Å². The zero-order valence-electron chi connectivity index (χ0n) is 21.4. The van der Waals surface area contributed by atoms with E-state index in [1.807, 2.05) is 30.3 Å². The van der Waals surface area contributed by atoms with E-state index in [0.29, 0.717) is 28.9 Å². The molecule has 2 amide bonds. The van der Waals surface area contributed by atoms with E-state index in [1.165, 1.54) is 15.3 Å². The molecule has 0 fully saturated rings. The van der Waals surface area contributed by atoms with Crippen LogP contribution in [-0.2, 0) is 11.3 Å². The molecule has 0 saturated carbocycles. The number of aliphatic carboxylic acids is 1. The van der Waals surface area contributed by atoms with Crippen molar-refractivity contribution in [1.29, 1.82) is 0 Å². The van der Waals surface area contributed by atoms with Crippen LogP contribution in [0.1, 0.15) is 30.5 Å². The SMILES string of the molecule is CCn1cc(C)c(O)c(NC(=O)NC(CC(=O)O)c2cccc(-n3cccc(-c4ccccc4)c3=O)c2)c1=O. The molecule has 0 aliphatic heterocycles. The summed E-state index contributed by atoms with van der Waals surface area (Å²) >= 11 is 0. The molecule has 4 aromatic rings. The van der Waals surface area contributed by atoms with Gasteiger partial charge in [-0.05, 0) is 49.2 Å². The molecule has 0 saturated heterocycles. The van der Waals surface area contributed by atoms with Crippen molar-refractivity contribution in [2.45, 2.75) is 32.9 Å². The number of amides is 2. The topological polar surface area (TPSA) is 143 Å². The molecule has 2 aromatic carbocycles. The number of nitrogens with zero attached hydrogens (tertiary/aromatic N) is 2. The molecule has 0 aliphatic carbocycles. The van der Waals surface area contributed by atoms with E-state index < -0.39 is 30.0 Å². The van der Waals surface area contributed by atoms with Crippen LogP contribution < -0.4 is 21.8 Å². The molecule has 1 unspecified atom stereocenters. The van der Waals surface area contributed by atoms with Crippen molar-refractivity contribution in [3.05, 3.63) is 111 Å². The van der Waals surface area contributed by atoms with Gasteiger partial charge in [0.05, 0.1) is 12.5 Å². The highest BCUT2D eigenvalue weighted by molar-refractivity contribution is 5.91. The first-order chi connectivity index (χ1) is 18.7. The van der Waals surface area contributed by atoms with Gasteiger partial charge in [0, 0.05) is 35.8 Å². The number of hydrogen-bond donors (Lipinski definition) is 4. The van der Waals surface area contributed by atoms with Crippen molar-refractivity contribution in [2.24, 2.45) is 0 Å². The minimum Gasteiger partial charge on any atom is -0.505 e. The zero-order valence-corrected chi connectivity index (χ0v) is 21.4. The van der Waals surface area contributed by atoms with E-state index in [4.69, 9.17) is 0 Å². The lowest BCUT2D eigenvalue weighted by Gasteiger charge is -2.20. The van der Waals surface area contributed by atoms with E-state index in [0.717, 1.165) is 5.56 Å². The van der Waals surface area contributed by atoms with Gasteiger partial charge >= 0.3 is 12.0 Å². The quantitative estimate of drug-likeness (QED) is 0.272. The fourth-order valence-electron chi connectivity index (χ4n) is 4.30. The van der Waals surface area contributed by atoms with Crippen molar-refractivity contribution in [3.8, 4) is 22.6 Å². The maximum absolute atomic E-state index is 13.3. The lowest BCUT2D eigenvalue weighted by atomic mass is 10.0. The van der Waals surface area contributed by atoms with Crippen LogP contribution in [0.15, 0.2) is 88.7 Å². The van der Waals surface area contributed by atoms with Gasteiger partial charge in [-0.3, -0.25) is 19.0 Å². The van der Waals surface area contributed by atoms with Crippen molar-refractivity contribution in [3.63, 3.8) is 0 Å². The third-order valence-corrected chi connectivity index (χ3v) is 6.28. The minimum atomic E-state index is -1.17. The minimum absolute atomic E-state index is 0.261. The first-order valence-electron chi connectivity index (χ1n) is 12.3. The number of pyridine rings is 2. The fraction of sp³-hybridized carbons (Fsp3) is 0.172. The molecule has 2 heterocycles. The molecule has 0 radical (unpaired) electrons. The lowest BCUT2D eigenvalue weighted by Crippen LogP contribution is -2.36. The normalized spacial score (nSPS) is 11.5. The largest absolute Gasteiger partial charge is 0.505 e. The number of urea groups is 1. The zero-order chi connectivity index (χ0) is 28.1.